The van der Waals surface area contributed by atoms with Crippen molar-refractivity contribution >= 4 is 23.7 Å². The largest absolute Gasteiger partial charge is 0.334 e. The van der Waals surface area contributed by atoms with E-state index in [4.69, 9.17) is 0 Å². The molecular weight excluding hydrogens is 382 g/mol. The maximum absolute atomic E-state index is 13.2. The molecule has 2 aliphatic rings. The SMILES string of the molecule is Cc1ccccc1C(=O)N1CCSC12CCN(C(=O)NCc1ccccc1)CC2. The van der Waals surface area contributed by atoms with Crippen LogP contribution in [0, 0.1) is 6.92 Å². The van der Waals surface area contributed by atoms with Crippen molar-refractivity contribution < 1.29 is 9.59 Å². The normalized spacial score (nSPS) is 18.1. The van der Waals surface area contributed by atoms with Crippen molar-refractivity contribution in [3.63, 3.8) is 0 Å². The molecule has 2 fully saturated rings. The molecule has 4 rings (SSSR count). The summed E-state index contributed by atoms with van der Waals surface area (Å²) in [6.07, 6.45) is 1.63. The van der Waals surface area contributed by atoms with Crippen molar-refractivity contribution in [3.8, 4) is 0 Å². The predicted octanol–water partition coefficient (Wildman–Crippen LogP) is 3.89. The number of amides is 3. The standard InChI is InChI=1S/C23H27N3O2S/c1-18-7-5-6-10-20(18)21(27)26-15-16-29-23(26)11-13-25(14-12-23)22(28)24-17-19-8-3-2-4-9-19/h2-10H,11-17H2,1H3,(H,24,28). The van der Waals surface area contributed by atoms with Crippen molar-refractivity contribution in [1.82, 2.24) is 15.1 Å². The summed E-state index contributed by atoms with van der Waals surface area (Å²) in [6.45, 7) is 4.64. The predicted molar refractivity (Wildman–Crippen MR) is 117 cm³/mol. The Morgan fingerprint density at radius 3 is 2.41 bits per heavy atom. The van der Waals surface area contributed by atoms with Crippen molar-refractivity contribution in [1.29, 1.82) is 0 Å². The highest BCUT2D eigenvalue weighted by Crippen LogP contribution is 2.44. The Kier molecular flexibility index (Phi) is 5.81. The van der Waals surface area contributed by atoms with E-state index in [-0.39, 0.29) is 16.8 Å². The molecule has 2 aromatic carbocycles. The van der Waals surface area contributed by atoms with Crippen LogP contribution in [0.1, 0.15) is 34.3 Å². The second kappa shape index (κ2) is 8.49. The zero-order valence-electron chi connectivity index (χ0n) is 16.8. The van der Waals surface area contributed by atoms with Gasteiger partial charge in [0.25, 0.3) is 5.91 Å². The Morgan fingerprint density at radius 2 is 1.69 bits per heavy atom. The smallest absolute Gasteiger partial charge is 0.317 e. The second-order valence-electron chi connectivity index (χ2n) is 7.70. The van der Waals surface area contributed by atoms with E-state index in [0.717, 1.165) is 41.8 Å². The Balaban J connectivity index is 1.38. The number of nitrogens with one attached hydrogen (secondary N) is 1. The molecule has 0 radical (unpaired) electrons. The van der Waals surface area contributed by atoms with Gasteiger partial charge in [-0.2, -0.15) is 0 Å². The molecule has 1 N–H and O–H groups in total. The van der Waals surface area contributed by atoms with E-state index in [2.05, 4.69) is 10.2 Å². The number of carbonyl (C=O) groups excluding carboxylic acids is 2. The minimum atomic E-state index is -0.185. The molecule has 2 saturated heterocycles. The molecule has 5 nitrogen and oxygen atoms in total. The lowest BCUT2D eigenvalue weighted by Crippen LogP contribution is -2.55. The lowest BCUT2D eigenvalue weighted by Gasteiger charge is -2.44. The summed E-state index contributed by atoms with van der Waals surface area (Å²) in [7, 11) is 0. The number of hydrogen-bond acceptors (Lipinski definition) is 3. The highest BCUT2D eigenvalue weighted by atomic mass is 32.2. The highest BCUT2D eigenvalue weighted by Gasteiger charge is 2.47. The summed E-state index contributed by atoms with van der Waals surface area (Å²) in [5.74, 6) is 1.08. The van der Waals surface area contributed by atoms with Crippen molar-refractivity contribution in [2.75, 3.05) is 25.4 Å². The fourth-order valence-corrected chi connectivity index (χ4v) is 5.67. The minimum absolute atomic E-state index is 0.0246. The average Bonchev–Trinajstić information content (AvgIpc) is 3.16. The van der Waals surface area contributed by atoms with Crippen LogP contribution in [0.3, 0.4) is 0 Å². The van der Waals surface area contributed by atoms with Crippen molar-refractivity contribution in [3.05, 3.63) is 71.3 Å². The number of aryl methyl sites for hydroxylation is 1. The van der Waals surface area contributed by atoms with E-state index in [1.165, 1.54) is 0 Å². The number of hydrogen-bond donors (Lipinski definition) is 1. The molecule has 152 valence electrons. The van der Waals surface area contributed by atoms with E-state index in [9.17, 15) is 9.59 Å². The van der Waals surface area contributed by atoms with Crippen LogP contribution < -0.4 is 5.32 Å². The van der Waals surface area contributed by atoms with E-state index in [1.54, 1.807) is 0 Å². The van der Waals surface area contributed by atoms with Gasteiger partial charge < -0.3 is 15.1 Å². The summed E-state index contributed by atoms with van der Waals surface area (Å²) in [5.41, 5.74) is 2.90. The van der Waals surface area contributed by atoms with Gasteiger partial charge in [0.2, 0.25) is 0 Å². The van der Waals surface area contributed by atoms with Gasteiger partial charge in [0.15, 0.2) is 0 Å². The number of carbonyl (C=O) groups is 2. The summed E-state index contributed by atoms with van der Waals surface area (Å²) in [6, 6.07) is 17.7. The number of rotatable bonds is 3. The number of piperidine rings is 1. The first kappa shape index (κ1) is 19.8. The summed E-state index contributed by atoms with van der Waals surface area (Å²) in [5, 5.41) is 3.01. The molecular formula is C23H27N3O2S. The van der Waals surface area contributed by atoms with Gasteiger partial charge >= 0.3 is 6.03 Å². The highest BCUT2D eigenvalue weighted by molar-refractivity contribution is 8.00. The first-order chi connectivity index (χ1) is 14.1. The van der Waals surface area contributed by atoms with Crippen LogP contribution in [-0.4, -0.2) is 52.0 Å². The number of urea groups is 1. The van der Waals surface area contributed by atoms with Gasteiger partial charge in [0.1, 0.15) is 0 Å². The summed E-state index contributed by atoms with van der Waals surface area (Å²) >= 11 is 1.87. The third-order valence-corrected chi connectivity index (χ3v) is 7.47. The first-order valence-corrected chi connectivity index (χ1v) is 11.2. The van der Waals surface area contributed by atoms with E-state index >= 15 is 0 Å². The number of thioether (sulfide) groups is 1. The van der Waals surface area contributed by atoms with Crippen LogP contribution in [0.4, 0.5) is 4.79 Å². The Bertz CT molecular complexity index is 879. The van der Waals surface area contributed by atoms with Gasteiger partial charge in [-0.05, 0) is 37.0 Å². The molecule has 2 aliphatic heterocycles. The van der Waals surface area contributed by atoms with Gasteiger partial charge in [-0.15, -0.1) is 11.8 Å². The zero-order valence-corrected chi connectivity index (χ0v) is 17.6. The fraction of sp³-hybridized carbons (Fsp3) is 0.391. The van der Waals surface area contributed by atoms with Gasteiger partial charge in [0.05, 0.1) is 4.87 Å². The first-order valence-electron chi connectivity index (χ1n) is 10.2. The summed E-state index contributed by atoms with van der Waals surface area (Å²) in [4.78, 5) is 29.6. The molecule has 1 spiro atoms. The molecule has 0 saturated carbocycles. The van der Waals surface area contributed by atoms with Crippen molar-refractivity contribution in [2.24, 2.45) is 0 Å². The Labute approximate surface area is 176 Å². The van der Waals surface area contributed by atoms with Crippen LogP contribution in [0.25, 0.3) is 0 Å². The van der Waals surface area contributed by atoms with Crippen LogP contribution in [0.15, 0.2) is 54.6 Å². The molecule has 2 aromatic rings. The molecule has 0 aliphatic carbocycles. The van der Waals surface area contributed by atoms with Crippen LogP contribution >= 0.6 is 11.8 Å². The van der Waals surface area contributed by atoms with Gasteiger partial charge in [-0.25, -0.2) is 4.79 Å². The lowest BCUT2D eigenvalue weighted by atomic mass is 10.00. The topological polar surface area (TPSA) is 52.7 Å². The quantitative estimate of drug-likeness (QED) is 0.837. The zero-order chi connectivity index (χ0) is 20.3. The van der Waals surface area contributed by atoms with E-state index in [0.29, 0.717) is 19.6 Å². The van der Waals surface area contributed by atoms with E-state index < -0.39 is 0 Å². The van der Waals surface area contributed by atoms with E-state index in [1.807, 2.05) is 78.2 Å². The fourth-order valence-electron chi connectivity index (χ4n) is 4.21. The number of likely N-dealkylation sites (tertiary alicyclic amines) is 1. The minimum Gasteiger partial charge on any atom is -0.334 e. The third kappa shape index (κ3) is 4.13. The maximum Gasteiger partial charge on any atom is 0.317 e. The van der Waals surface area contributed by atoms with Crippen molar-refractivity contribution in [2.45, 2.75) is 31.2 Å². The second-order valence-corrected chi connectivity index (χ2v) is 9.15. The average molecular weight is 410 g/mol. The monoisotopic (exact) mass is 409 g/mol. The van der Waals surface area contributed by atoms with Gasteiger partial charge in [-0.1, -0.05) is 48.5 Å². The van der Waals surface area contributed by atoms with Gasteiger partial charge in [0, 0.05) is 37.5 Å². The molecule has 0 aromatic heterocycles. The molecule has 0 atom stereocenters. The number of nitrogens with zero attached hydrogens (tertiary/aromatic N) is 2. The molecule has 0 bridgehead atoms. The molecule has 29 heavy (non-hydrogen) atoms. The molecule has 6 heteroatoms. The third-order valence-electron chi connectivity index (χ3n) is 5.92. The van der Waals surface area contributed by atoms with Crippen LogP contribution in [-0.2, 0) is 6.54 Å². The summed E-state index contributed by atoms with van der Waals surface area (Å²) < 4.78 is 0. The maximum atomic E-state index is 13.2. The molecule has 0 unspecified atom stereocenters. The molecule has 2 heterocycles. The van der Waals surface area contributed by atoms with Gasteiger partial charge in [-0.3, -0.25) is 4.79 Å². The Morgan fingerprint density at radius 1 is 1.00 bits per heavy atom. The molecule has 3 amide bonds. The lowest BCUT2D eigenvalue weighted by molar-refractivity contribution is 0.0580. The van der Waals surface area contributed by atoms with Crippen LogP contribution in [0.5, 0.6) is 0 Å². The number of benzene rings is 2. The Hall–Kier alpha value is -2.47. The van der Waals surface area contributed by atoms with Crippen LogP contribution in [0.2, 0.25) is 0 Å².